The molecule has 1 atom stereocenters. The molecule has 0 bridgehead atoms. The Bertz CT molecular complexity index is 472. The smallest absolute Gasteiger partial charge is 0.335 e. The van der Waals surface area contributed by atoms with Crippen LogP contribution in [0.5, 0.6) is 0 Å². The first-order valence-corrected chi connectivity index (χ1v) is 5.56. The van der Waals surface area contributed by atoms with Crippen LogP contribution in [0.4, 0.5) is 10.5 Å². The maximum Gasteiger partial charge on any atom is 0.335 e. The summed E-state index contributed by atoms with van der Waals surface area (Å²) in [5.41, 5.74) is 10.5. The number of nitrogen functional groups attached to an aromatic ring is 1. The summed E-state index contributed by atoms with van der Waals surface area (Å²) in [6.07, 6.45) is 0. The van der Waals surface area contributed by atoms with E-state index in [2.05, 4.69) is 31.8 Å². The number of hydrogen-bond donors (Lipinski definition) is 3. The number of carbonyl (C=O) groups is 1. The summed E-state index contributed by atoms with van der Waals surface area (Å²) in [6.45, 7) is 1.88. The van der Waals surface area contributed by atoms with Crippen molar-refractivity contribution >= 4 is 33.4 Å². The molecule has 1 unspecified atom stereocenters. The number of benzene rings is 1. The largest absolute Gasteiger partial charge is 0.398 e. The minimum atomic E-state index is -0.286. The van der Waals surface area contributed by atoms with Crippen LogP contribution in [0.2, 0.25) is 0 Å². The predicted molar refractivity (Wildman–Crippen MR) is 66.2 cm³/mol. The van der Waals surface area contributed by atoms with Gasteiger partial charge in [0.25, 0.3) is 0 Å². The Balaban J connectivity index is 2.37. The topological polar surface area (TPSA) is 79.5 Å². The van der Waals surface area contributed by atoms with Gasteiger partial charge in [-0.3, -0.25) is 0 Å². The molecule has 0 fully saturated rings. The maximum absolute atomic E-state index is 11.0. The quantitative estimate of drug-likeness (QED) is 0.682. The maximum atomic E-state index is 11.0. The summed E-state index contributed by atoms with van der Waals surface area (Å²) in [7, 11) is 0. The van der Waals surface area contributed by atoms with Crippen molar-refractivity contribution in [2.24, 2.45) is 5.10 Å². The van der Waals surface area contributed by atoms with Gasteiger partial charge in [-0.15, -0.1) is 0 Å². The molecule has 0 saturated heterocycles. The average molecular weight is 283 g/mol. The SMILES string of the molecule is CC1NC(=O)NN=C1c1ccc(N)c(Br)c1. The molecule has 2 amide bonds. The van der Waals surface area contributed by atoms with Crippen LogP contribution in [0, 0.1) is 0 Å². The van der Waals surface area contributed by atoms with Crippen molar-refractivity contribution in [1.82, 2.24) is 10.7 Å². The lowest BCUT2D eigenvalue weighted by Crippen LogP contribution is -2.48. The molecule has 0 saturated carbocycles. The Labute approximate surface area is 101 Å². The molecule has 84 valence electrons. The van der Waals surface area contributed by atoms with E-state index in [1.165, 1.54) is 0 Å². The van der Waals surface area contributed by atoms with Crippen molar-refractivity contribution < 1.29 is 4.79 Å². The first-order valence-electron chi connectivity index (χ1n) is 4.77. The van der Waals surface area contributed by atoms with E-state index < -0.39 is 0 Å². The number of anilines is 1. The van der Waals surface area contributed by atoms with Gasteiger partial charge >= 0.3 is 6.03 Å². The second-order valence-corrected chi connectivity index (χ2v) is 4.39. The van der Waals surface area contributed by atoms with E-state index in [-0.39, 0.29) is 12.1 Å². The molecular weight excluding hydrogens is 272 g/mol. The van der Waals surface area contributed by atoms with Crippen LogP contribution in [-0.4, -0.2) is 17.8 Å². The molecule has 1 aliphatic heterocycles. The van der Waals surface area contributed by atoms with Crippen LogP contribution in [0.25, 0.3) is 0 Å². The van der Waals surface area contributed by atoms with Gasteiger partial charge in [-0.05, 0) is 35.0 Å². The number of nitrogens with zero attached hydrogens (tertiary/aromatic N) is 1. The number of amides is 2. The van der Waals surface area contributed by atoms with E-state index in [0.717, 1.165) is 15.7 Å². The Morgan fingerprint density at radius 3 is 2.88 bits per heavy atom. The number of hydrogen-bond acceptors (Lipinski definition) is 3. The highest BCUT2D eigenvalue weighted by atomic mass is 79.9. The fraction of sp³-hybridized carbons (Fsp3) is 0.200. The van der Waals surface area contributed by atoms with E-state index >= 15 is 0 Å². The van der Waals surface area contributed by atoms with Crippen molar-refractivity contribution in [3.8, 4) is 0 Å². The lowest BCUT2D eigenvalue weighted by molar-refractivity contribution is 0.239. The molecule has 1 aromatic carbocycles. The van der Waals surface area contributed by atoms with Crippen molar-refractivity contribution in [3.63, 3.8) is 0 Å². The summed E-state index contributed by atoms with van der Waals surface area (Å²) in [5.74, 6) is 0. The monoisotopic (exact) mass is 282 g/mol. The second kappa shape index (κ2) is 4.13. The molecule has 6 heteroatoms. The number of hydrazone groups is 1. The fourth-order valence-corrected chi connectivity index (χ4v) is 1.88. The highest BCUT2D eigenvalue weighted by Gasteiger charge is 2.20. The lowest BCUT2D eigenvalue weighted by Gasteiger charge is -2.21. The molecule has 0 aliphatic carbocycles. The van der Waals surface area contributed by atoms with E-state index in [1.807, 2.05) is 19.1 Å². The molecule has 0 aromatic heterocycles. The van der Waals surface area contributed by atoms with Crippen molar-refractivity contribution in [2.75, 3.05) is 5.73 Å². The van der Waals surface area contributed by atoms with Gasteiger partial charge in [0, 0.05) is 15.7 Å². The second-order valence-electron chi connectivity index (χ2n) is 3.54. The van der Waals surface area contributed by atoms with Crippen LogP contribution in [0.15, 0.2) is 27.8 Å². The molecular formula is C10H11BrN4O. The summed E-state index contributed by atoms with van der Waals surface area (Å²) in [5, 5.41) is 6.76. The number of rotatable bonds is 1. The molecule has 5 nitrogen and oxygen atoms in total. The summed E-state index contributed by atoms with van der Waals surface area (Å²) < 4.78 is 0.816. The molecule has 2 rings (SSSR count). The van der Waals surface area contributed by atoms with Gasteiger partial charge in [-0.1, -0.05) is 6.07 Å². The highest BCUT2D eigenvalue weighted by molar-refractivity contribution is 9.10. The first-order chi connectivity index (χ1) is 7.58. The van der Waals surface area contributed by atoms with Crippen molar-refractivity contribution in [2.45, 2.75) is 13.0 Å². The third kappa shape index (κ3) is 2.01. The summed E-state index contributed by atoms with van der Waals surface area (Å²) in [6, 6.07) is 5.14. The molecule has 1 heterocycles. The van der Waals surface area contributed by atoms with E-state index in [1.54, 1.807) is 6.07 Å². The molecule has 0 spiro atoms. The summed E-state index contributed by atoms with van der Waals surface area (Å²) >= 11 is 3.36. The molecule has 1 aliphatic rings. The zero-order chi connectivity index (χ0) is 11.7. The van der Waals surface area contributed by atoms with Gasteiger partial charge in [0.2, 0.25) is 0 Å². The van der Waals surface area contributed by atoms with Crippen molar-refractivity contribution in [3.05, 3.63) is 28.2 Å². The molecule has 1 aromatic rings. The number of urea groups is 1. The van der Waals surface area contributed by atoms with Gasteiger partial charge < -0.3 is 11.1 Å². The number of nitrogens with one attached hydrogen (secondary N) is 2. The zero-order valence-corrected chi connectivity index (χ0v) is 10.2. The third-order valence-electron chi connectivity index (χ3n) is 2.33. The summed E-state index contributed by atoms with van der Waals surface area (Å²) in [4.78, 5) is 11.0. The van der Waals surface area contributed by atoms with Crippen LogP contribution >= 0.6 is 15.9 Å². The van der Waals surface area contributed by atoms with E-state index in [0.29, 0.717) is 5.69 Å². The van der Waals surface area contributed by atoms with Gasteiger partial charge in [0.05, 0.1) is 11.8 Å². The van der Waals surface area contributed by atoms with Crippen LogP contribution in [0.3, 0.4) is 0 Å². The molecule has 16 heavy (non-hydrogen) atoms. The lowest BCUT2D eigenvalue weighted by atomic mass is 10.0. The first kappa shape index (κ1) is 10.9. The minimum absolute atomic E-state index is 0.121. The van der Waals surface area contributed by atoms with Gasteiger partial charge in [0.15, 0.2) is 0 Å². The van der Waals surface area contributed by atoms with Crippen LogP contribution < -0.4 is 16.5 Å². The van der Waals surface area contributed by atoms with Crippen LogP contribution in [0.1, 0.15) is 12.5 Å². The normalized spacial score (nSPS) is 19.8. The Kier molecular flexibility index (Phi) is 2.82. The standard InChI is InChI=1S/C10H11BrN4O/c1-5-9(14-15-10(16)13-5)6-2-3-8(12)7(11)4-6/h2-5H,12H2,1H3,(H2,13,15,16). The van der Waals surface area contributed by atoms with E-state index in [9.17, 15) is 4.79 Å². The Morgan fingerprint density at radius 1 is 1.50 bits per heavy atom. The number of carbonyl (C=O) groups excluding carboxylic acids is 1. The Morgan fingerprint density at radius 2 is 2.25 bits per heavy atom. The van der Waals surface area contributed by atoms with Gasteiger partial charge in [0.1, 0.15) is 0 Å². The third-order valence-corrected chi connectivity index (χ3v) is 3.02. The fourth-order valence-electron chi connectivity index (χ4n) is 1.51. The minimum Gasteiger partial charge on any atom is -0.398 e. The molecule has 4 N–H and O–H groups in total. The number of nitrogens with two attached hydrogens (primary N) is 1. The highest BCUT2D eigenvalue weighted by Crippen LogP contribution is 2.21. The van der Waals surface area contributed by atoms with Gasteiger partial charge in [-0.25, -0.2) is 10.2 Å². The average Bonchev–Trinajstić information content (AvgIpc) is 2.22. The predicted octanol–water partition coefficient (Wildman–Crippen LogP) is 1.44. The van der Waals surface area contributed by atoms with Gasteiger partial charge in [-0.2, -0.15) is 5.10 Å². The Hall–Kier alpha value is -1.56. The van der Waals surface area contributed by atoms with Crippen LogP contribution in [-0.2, 0) is 0 Å². The zero-order valence-electron chi connectivity index (χ0n) is 8.62. The van der Waals surface area contributed by atoms with Crippen molar-refractivity contribution in [1.29, 1.82) is 0 Å². The molecule has 0 radical (unpaired) electrons. The van der Waals surface area contributed by atoms with E-state index in [4.69, 9.17) is 5.73 Å². The number of halogens is 1.